The van der Waals surface area contributed by atoms with E-state index in [4.69, 9.17) is 16.1 Å². The number of halogens is 1. The van der Waals surface area contributed by atoms with Gasteiger partial charge in [0.1, 0.15) is 0 Å². The van der Waals surface area contributed by atoms with Gasteiger partial charge in [-0.05, 0) is 38.2 Å². The number of aromatic nitrogens is 2. The molecule has 0 saturated carbocycles. The van der Waals surface area contributed by atoms with Crippen molar-refractivity contribution >= 4 is 17.5 Å². The number of rotatable bonds is 6. The first-order chi connectivity index (χ1) is 10.5. The summed E-state index contributed by atoms with van der Waals surface area (Å²) in [6, 6.07) is 6.79. The molecule has 1 amide bonds. The summed E-state index contributed by atoms with van der Waals surface area (Å²) in [5.41, 5.74) is 0.783. The zero-order chi connectivity index (χ0) is 16.1. The molecule has 2 N–H and O–H groups in total. The van der Waals surface area contributed by atoms with Crippen molar-refractivity contribution in [3.8, 4) is 11.5 Å². The lowest BCUT2D eigenvalue weighted by atomic mass is 10.1. The summed E-state index contributed by atoms with van der Waals surface area (Å²) in [5, 5.41) is 10.4. The molecule has 22 heavy (non-hydrogen) atoms. The molecule has 2 unspecified atom stereocenters. The van der Waals surface area contributed by atoms with Crippen molar-refractivity contribution in [2.24, 2.45) is 5.92 Å². The third-order valence-corrected chi connectivity index (χ3v) is 3.49. The number of nitrogens with zero attached hydrogens (tertiary/aromatic N) is 2. The zero-order valence-electron chi connectivity index (χ0n) is 12.8. The van der Waals surface area contributed by atoms with Gasteiger partial charge in [-0.25, -0.2) is 0 Å². The molecular formula is C15H19ClN4O2. The Morgan fingerprint density at radius 2 is 2.00 bits per heavy atom. The Morgan fingerprint density at radius 1 is 1.32 bits per heavy atom. The van der Waals surface area contributed by atoms with Crippen LogP contribution in [0, 0.1) is 5.92 Å². The maximum atomic E-state index is 12.0. The average Bonchev–Trinajstić information content (AvgIpc) is 2.98. The van der Waals surface area contributed by atoms with E-state index in [1.807, 2.05) is 20.9 Å². The SMILES string of the molecule is CNCC(C)C(=O)NC(C)c1noc(-c2ccc(Cl)cc2)n1. The fourth-order valence-electron chi connectivity index (χ4n) is 1.94. The van der Waals surface area contributed by atoms with Gasteiger partial charge in [-0.3, -0.25) is 4.79 Å². The van der Waals surface area contributed by atoms with Gasteiger partial charge in [0.15, 0.2) is 5.82 Å². The maximum absolute atomic E-state index is 12.0. The van der Waals surface area contributed by atoms with Crippen LogP contribution in [-0.2, 0) is 4.79 Å². The van der Waals surface area contributed by atoms with Crippen molar-refractivity contribution in [3.63, 3.8) is 0 Å². The van der Waals surface area contributed by atoms with Gasteiger partial charge in [0.25, 0.3) is 5.89 Å². The molecule has 2 aromatic rings. The topological polar surface area (TPSA) is 80.0 Å². The predicted octanol–water partition coefficient (Wildman–Crippen LogP) is 2.42. The standard InChI is InChI=1S/C15H19ClN4O2/c1-9(8-17-3)14(21)18-10(2)13-19-15(22-20-13)11-4-6-12(16)7-5-11/h4-7,9-10,17H,8H2,1-3H3,(H,18,21). The van der Waals surface area contributed by atoms with Crippen LogP contribution in [0.1, 0.15) is 25.7 Å². The highest BCUT2D eigenvalue weighted by Gasteiger charge is 2.19. The Balaban J connectivity index is 2.04. The normalized spacial score (nSPS) is 13.6. The molecule has 0 bridgehead atoms. The van der Waals surface area contributed by atoms with Crippen molar-refractivity contribution < 1.29 is 9.32 Å². The molecule has 0 spiro atoms. The van der Waals surface area contributed by atoms with Crippen LogP contribution in [-0.4, -0.2) is 29.6 Å². The van der Waals surface area contributed by atoms with E-state index in [9.17, 15) is 4.79 Å². The van der Waals surface area contributed by atoms with Crippen molar-refractivity contribution in [1.29, 1.82) is 0 Å². The summed E-state index contributed by atoms with van der Waals surface area (Å²) in [7, 11) is 1.81. The van der Waals surface area contributed by atoms with Gasteiger partial charge in [-0.2, -0.15) is 4.98 Å². The minimum Gasteiger partial charge on any atom is -0.346 e. The van der Waals surface area contributed by atoms with Gasteiger partial charge in [0.2, 0.25) is 5.91 Å². The van der Waals surface area contributed by atoms with Crippen LogP contribution in [0.5, 0.6) is 0 Å². The molecule has 1 aromatic carbocycles. The summed E-state index contributed by atoms with van der Waals surface area (Å²) >= 11 is 5.85. The fourth-order valence-corrected chi connectivity index (χ4v) is 2.07. The second-order valence-electron chi connectivity index (χ2n) is 5.15. The maximum Gasteiger partial charge on any atom is 0.257 e. The lowest BCUT2D eigenvalue weighted by Gasteiger charge is -2.14. The van der Waals surface area contributed by atoms with Gasteiger partial charge in [0, 0.05) is 23.0 Å². The van der Waals surface area contributed by atoms with E-state index < -0.39 is 0 Å². The summed E-state index contributed by atoms with van der Waals surface area (Å²) in [6.07, 6.45) is 0. The molecule has 0 aliphatic rings. The lowest BCUT2D eigenvalue weighted by molar-refractivity contribution is -0.125. The van der Waals surface area contributed by atoms with Gasteiger partial charge < -0.3 is 15.2 Å². The minimum absolute atomic E-state index is 0.0558. The highest BCUT2D eigenvalue weighted by molar-refractivity contribution is 6.30. The van der Waals surface area contributed by atoms with E-state index in [1.165, 1.54) is 0 Å². The molecule has 0 aliphatic carbocycles. The van der Waals surface area contributed by atoms with Crippen molar-refractivity contribution in [2.45, 2.75) is 19.9 Å². The van der Waals surface area contributed by atoms with Gasteiger partial charge in [-0.15, -0.1) is 0 Å². The third-order valence-electron chi connectivity index (χ3n) is 3.24. The number of carbonyl (C=O) groups is 1. The van der Waals surface area contributed by atoms with Gasteiger partial charge >= 0.3 is 0 Å². The highest BCUT2D eigenvalue weighted by Crippen LogP contribution is 2.21. The smallest absolute Gasteiger partial charge is 0.257 e. The number of hydrogen-bond donors (Lipinski definition) is 2. The Bertz CT molecular complexity index is 627. The second-order valence-corrected chi connectivity index (χ2v) is 5.59. The van der Waals surface area contributed by atoms with Crippen molar-refractivity contribution in [2.75, 3.05) is 13.6 Å². The van der Waals surface area contributed by atoms with Crippen LogP contribution < -0.4 is 10.6 Å². The minimum atomic E-state index is -0.323. The summed E-state index contributed by atoms with van der Waals surface area (Å²) in [4.78, 5) is 16.3. The molecule has 0 fully saturated rings. The summed E-state index contributed by atoms with van der Waals surface area (Å²) < 4.78 is 5.23. The lowest BCUT2D eigenvalue weighted by Crippen LogP contribution is -2.36. The monoisotopic (exact) mass is 322 g/mol. The van der Waals surface area contributed by atoms with Crippen molar-refractivity contribution in [3.05, 3.63) is 35.1 Å². The molecular weight excluding hydrogens is 304 g/mol. The largest absolute Gasteiger partial charge is 0.346 e. The van der Waals surface area contributed by atoms with E-state index in [-0.39, 0.29) is 17.9 Å². The molecule has 0 radical (unpaired) electrons. The van der Waals surface area contributed by atoms with Gasteiger partial charge in [-0.1, -0.05) is 23.7 Å². The highest BCUT2D eigenvalue weighted by atomic mass is 35.5. The van der Waals surface area contributed by atoms with Crippen LogP contribution in [0.4, 0.5) is 0 Å². The van der Waals surface area contributed by atoms with E-state index in [1.54, 1.807) is 24.3 Å². The first-order valence-corrected chi connectivity index (χ1v) is 7.43. The van der Waals surface area contributed by atoms with Crippen LogP contribution in [0.2, 0.25) is 5.02 Å². The zero-order valence-corrected chi connectivity index (χ0v) is 13.5. The molecule has 2 rings (SSSR count). The number of nitrogens with one attached hydrogen (secondary N) is 2. The molecule has 0 saturated heterocycles. The Hall–Kier alpha value is -1.92. The van der Waals surface area contributed by atoms with Crippen molar-refractivity contribution in [1.82, 2.24) is 20.8 Å². The number of hydrogen-bond acceptors (Lipinski definition) is 5. The van der Waals surface area contributed by atoms with Crippen LogP contribution >= 0.6 is 11.6 Å². The van der Waals surface area contributed by atoms with E-state index in [0.29, 0.717) is 23.3 Å². The molecule has 7 heteroatoms. The quantitative estimate of drug-likeness (QED) is 0.853. The predicted molar refractivity (Wildman–Crippen MR) is 84.4 cm³/mol. The fraction of sp³-hybridized carbons (Fsp3) is 0.400. The molecule has 6 nitrogen and oxygen atoms in total. The number of benzene rings is 1. The Morgan fingerprint density at radius 3 is 2.64 bits per heavy atom. The Kier molecular flexibility index (Phi) is 5.51. The van der Waals surface area contributed by atoms with Crippen LogP contribution in [0.25, 0.3) is 11.5 Å². The Labute approximate surface area is 134 Å². The van der Waals surface area contributed by atoms with E-state index >= 15 is 0 Å². The molecule has 2 atom stereocenters. The molecule has 1 aromatic heterocycles. The summed E-state index contributed by atoms with van der Waals surface area (Å²) in [5.74, 6) is 0.653. The summed E-state index contributed by atoms with van der Waals surface area (Å²) in [6.45, 7) is 4.29. The van der Waals surface area contributed by atoms with Crippen LogP contribution in [0.15, 0.2) is 28.8 Å². The number of amides is 1. The first kappa shape index (κ1) is 16.5. The average molecular weight is 323 g/mol. The first-order valence-electron chi connectivity index (χ1n) is 7.05. The van der Waals surface area contributed by atoms with Gasteiger partial charge in [0.05, 0.1) is 6.04 Å². The molecule has 0 aliphatic heterocycles. The van der Waals surface area contributed by atoms with E-state index in [2.05, 4.69) is 20.8 Å². The molecule has 118 valence electrons. The number of carbonyl (C=O) groups excluding carboxylic acids is 1. The van der Waals surface area contributed by atoms with Crippen LogP contribution in [0.3, 0.4) is 0 Å². The second kappa shape index (κ2) is 7.38. The molecule has 1 heterocycles. The third kappa shape index (κ3) is 4.05. The van der Waals surface area contributed by atoms with E-state index in [0.717, 1.165) is 5.56 Å².